The lowest BCUT2D eigenvalue weighted by molar-refractivity contribution is -0.142. The van der Waals surface area contributed by atoms with E-state index in [-0.39, 0.29) is 30.9 Å². The topological polar surface area (TPSA) is 139 Å². The van der Waals surface area contributed by atoms with Gasteiger partial charge in [0.15, 0.2) is 5.75 Å². The van der Waals surface area contributed by atoms with E-state index in [0.29, 0.717) is 26.0 Å². The number of ether oxygens (including phenoxy) is 1. The van der Waals surface area contributed by atoms with Crippen molar-refractivity contribution < 1.29 is 29.3 Å². The molecule has 2 aromatic rings. The molecule has 10 heteroatoms. The second-order valence-electron chi connectivity index (χ2n) is 7.51. The summed E-state index contributed by atoms with van der Waals surface area (Å²) in [5, 5.41) is 21.6. The highest BCUT2D eigenvalue weighted by Gasteiger charge is 2.21. The highest BCUT2D eigenvalue weighted by Crippen LogP contribution is 2.39. The van der Waals surface area contributed by atoms with E-state index in [9.17, 15) is 24.6 Å². The molecule has 8 nitrogen and oxygen atoms in total. The molecule has 0 unspecified atom stereocenters. The van der Waals surface area contributed by atoms with E-state index >= 15 is 0 Å². The summed E-state index contributed by atoms with van der Waals surface area (Å²) in [6, 6.07) is 7.18. The maximum Gasteiger partial charge on any atom is 0.326 e. The molecule has 5 N–H and O–H groups in total. The van der Waals surface area contributed by atoms with Gasteiger partial charge < -0.3 is 26.0 Å². The number of halogens is 2. The summed E-state index contributed by atoms with van der Waals surface area (Å²) >= 11 is 6.88. The Hall–Kier alpha value is -2.59. The van der Waals surface area contributed by atoms with Crippen LogP contribution in [0.1, 0.15) is 43.7 Å². The number of rotatable bonds is 10. The van der Waals surface area contributed by atoms with Crippen molar-refractivity contribution >= 4 is 49.6 Å². The number of aromatic hydroxyl groups is 1. The fourth-order valence-electron chi connectivity index (χ4n) is 2.96. The summed E-state index contributed by atoms with van der Waals surface area (Å²) in [7, 11) is 0. The maximum atomic E-state index is 12.3. The average molecular weight is 572 g/mol. The molecule has 0 saturated carbocycles. The van der Waals surface area contributed by atoms with E-state index in [1.807, 2.05) is 13.8 Å². The Bertz CT molecular complexity index is 1000. The van der Waals surface area contributed by atoms with Crippen LogP contribution in [0.4, 0.5) is 0 Å². The van der Waals surface area contributed by atoms with E-state index in [0.717, 1.165) is 5.56 Å². The molecule has 0 aromatic heterocycles. The third-order valence-corrected chi connectivity index (χ3v) is 5.75. The lowest BCUT2D eigenvalue weighted by Crippen LogP contribution is -2.42. The fourth-order valence-corrected chi connectivity index (χ4v) is 4.41. The fraction of sp³-hybridized carbons (Fsp3) is 0.318. The Morgan fingerprint density at radius 3 is 2.28 bits per heavy atom. The molecular formula is C22H24Br2N2O6. The molecule has 2 aromatic carbocycles. The molecule has 0 fully saturated rings. The number of benzene rings is 2. The first-order valence-electron chi connectivity index (χ1n) is 9.77. The summed E-state index contributed by atoms with van der Waals surface area (Å²) < 4.78 is 7.13. The number of nitrogens with two attached hydrogens (primary N) is 1. The second-order valence-corrected chi connectivity index (χ2v) is 9.21. The molecule has 0 radical (unpaired) electrons. The minimum Gasteiger partial charge on any atom is -0.508 e. The Labute approximate surface area is 202 Å². The zero-order valence-electron chi connectivity index (χ0n) is 17.5. The lowest BCUT2D eigenvalue weighted by Gasteiger charge is -2.16. The molecule has 0 saturated heterocycles. The Morgan fingerprint density at radius 2 is 1.75 bits per heavy atom. The van der Waals surface area contributed by atoms with E-state index in [2.05, 4.69) is 37.2 Å². The highest BCUT2D eigenvalue weighted by atomic mass is 79.9. The summed E-state index contributed by atoms with van der Waals surface area (Å²) in [6.07, 6.45) is -0.299. The summed E-state index contributed by atoms with van der Waals surface area (Å²) in [5.41, 5.74) is 6.42. The summed E-state index contributed by atoms with van der Waals surface area (Å²) in [5.74, 6) is -1.04. The van der Waals surface area contributed by atoms with Crippen molar-refractivity contribution in [3.8, 4) is 17.2 Å². The first kappa shape index (κ1) is 25.7. The van der Waals surface area contributed by atoms with Gasteiger partial charge in [-0.2, -0.15) is 0 Å². The highest BCUT2D eigenvalue weighted by molar-refractivity contribution is 9.11. The van der Waals surface area contributed by atoms with E-state index in [1.54, 1.807) is 30.3 Å². The minimum atomic E-state index is -1.24. The third-order valence-electron chi connectivity index (χ3n) is 4.58. The second kappa shape index (κ2) is 11.3. The predicted octanol–water partition coefficient (Wildman–Crippen LogP) is 4.21. The number of carboxylic acids is 1. The molecule has 0 bridgehead atoms. The van der Waals surface area contributed by atoms with E-state index in [1.165, 1.54) is 0 Å². The van der Waals surface area contributed by atoms with Crippen LogP contribution >= 0.6 is 31.9 Å². The van der Waals surface area contributed by atoms with Gasteiger partial charge in [0.05, 0.1) is 15.4 Å². The van der Waals surface area contributed by atoms with Crippen molar-refractivity contribution in [1.29, 1.82) is 0 Å². The summed E-state index contributed by atoms with van der Waals surface area (Å²) in [6.45, 7) is 3.93. The number of carboxylic acid groups (broad SMARTS) is 1. The molecule has 1 atom stereocenters. The van der Waals surface area contributed by atoms with Gasteiger partial charge in [0.2, 0.25) is 11.8 Å². The molecule has 2 amide bonds. The van der Waals surface area contributed by atoms with Gasteiger partial charge in [-0.05, 0) is 80.1 Å². The van der Waals surface area contributed by atoms with Gasteiger partial charge in [-0.15, -0.1) is 0 Å². The Balaban J connectivity index is 2.13. The van der Waals surface area contributed by atoms with Gasteiger partial charge in [-0.25, -0.2) is 4.79 Å². The van der Waals surface area contributed by atoms with Gasteiger partial charge in [-0.3, -0.25) is 9.59 Å². The van der Waals surface area contributed by atoms with E-state index in [4.69, 9.17) is 10.5 Å². The minimum absolute atomic E-state index is 0.0749. The van der Waals surface area contributed by atoms with Crippen molar-refractivity contribution in [3.05, 3.63) is 50.4 Å². The first-order chi connectivity index (χ1) is 15.0. The van der Waals surface area contributed by atoms with Crippen LogP contribution in [0.15, 0.2) is 39.3 Å². The van der Waals surface area contributed by atoms with Crippen molar-refractivity contribution in [2.75, 3.05) is 0 Å². The first-order valence-corrected chi connectivity index (χ1v) is 11.4. The van der Waals surface area contributed by atoms with Crippen LogP contribution in [0.5, 0.6) is 17.2 Å². The summed E-state index contributed by atoms with van der Waals surface area (Å²) in [4.78, 5) is 34.5. The number of nitrogens with one attached hydrogen (secondary N) is 1. The molecule has 0 aliphatic carbocycles. The lowest BCUT2D eigenvalue weighted by atomic mass is 10.0. The maximum absolute atomic E-state index is 12.3. The Morgan fingerprint density at radius 1 is 1.12 bits per heavy atom. The molecule has 2 rings (SSSR count). The number of hydrogen-bond donors (Lipinski definition) is 4. The smallest absolute Gasteiger partial charge is 0.326 e. The zero-order chi connectivity index (χ0) is 24.0. The Kier molecular flexibility index (Phi) is 9.09. The number of carbonyl (C=O) groups excluding carboxylic acids is 2. The molecule has 172 valence electrons. The van der Waals surface area contributed by atoms with Crippen LogP contribution in [0, 0.1) is 0 Å². The van der Waals surface area contributed by atoms with Crippen LogP contribution < -0.4 is 15.8 Å². The van der Waals surface area contributed by atoms with Crippen molar-refractivity contribution in [2.24, 2.45) is 5.73 Å². The predicted molar refractivity (Wildman–Crippen MR) is 126 cm³/mol. The number of hydrogen-bond acceptors (Lipinski definition) is 5. The number of phenols is 1. The normalized spacial score (nSPS) is 11.8. The molecule has 32 heavy (non-hydrogen) atoms. The number of primary amides is 1. The van der Waals surface area contributed by atoms with Gasteiger partial charge in [0.1, 0.15) is 17.5 Å². The van der Waals surface area contributed by atoms with Gasteiger partial charge in [0, 0.05) is 12.0 Å². The van der Waals surface area contributed by atoms with Crippen molar-refractivity contribution in [2.45, 2.75) is 45.1 Å². The largest absolute Gasteiger partial charge is 0.508 e. The monoisotopic (exact) mass is 570 g/mol. The number of phenolic OH excluding ortho intramolecular Hbond substituents is 1. The SMILES string of the molecule is CC(C)c1cc(Oc2c(Br)cc(CC(=O)N[C@@H](CCC(N)=O)C(=O)O)cc2Br)ccc1O. The quantitative estimate of drug-likeness (QED) is 0.337. The molecular weight excluding hydrogens is 548 g/mol. The zero-order valence-corrected chi connectivity index (χ0v) is 20.7. The third kappa shape index (κ3) is 7.23. The van der Waals surface area contributed by atoms with Gasteiger partial charge in [-0.1, -0.05) is 13.8 Å². The number of carbonyl (C=O) groups is 3. The number of aliphatic carboxylic acids is 1. The number of amides is 2. The van der Waals surface area contributed by atoms with Crippen LogP contribution in [0.2, 0.25) is 0 Å². The van der Waals surface area contributed by atoms with Gasteiger partial charge in [0.25, 0.3) is 0 Å². The van der Waals surface area contributed by atoms with Crippen molar-refractivity contribution in [1.82, 2.24) is 5.32 Å². The molecule has 0 heterocycles. The molecule has 0 spiro atoms. The molecule has 0 aliphatic heterocycles. The van der Waals surface area contributed by atoms with Gasteiger partial charge >= 0.3 is 5.97 Å². The standard InChI is InChI=1S/C22H24Br2N2O6/c1-11(2)14-10-13(3-5-18(14)27)32-21-15(23)7-12(8-16(21)24)9-20(29)26-17(22(30)31)4-6-19(25)28/h3,5,7-8,10-11,17,27H,4,6,9H2,1-2H3,(H2,25,28)(H,26,29)(H,30,31)/t17-/m0/s1. The van der Waals surface area contributed by atoms with E-state index < -0.39 is 23.8 Å². The van der Waals surface area contributed by atoms with Crippen LogP contribution in [-0.2, 0) is 20.8 Å². The molecule has 0 aliphatic rings. The van der Waals surface area contributed by atoms with Crippen molar-refractivity contribution in [3.63, 3.8) is 0 Å². The van der Waals surface area contributed by atoms with Crippen LogP contribution in [0.25, 0.3) is 0 Å². The average Bonchev–Trinajstić information content (AvgIpc) is 2.68. The van der Waals surface area contributed by atoms with Crippen LogP contribution in [0.3, 0.4) is 0 Å². The van der Waals surface area contributed by atoms with Crippen LogP contribution in [-0.4, -0.2) is 34.0 Å².